The van der Waals surface area contributed by atoms with Crippen molar-refractivity contribution in [3.05, 3.63) is 23.9 Å². The molecule has 1 aromatic heterocycles. The Morgan fingerprint density at radius 1 is 1.60 bits per heavy atom. The fourth-order valence-electron chi connectivity index (χ4n) is 0.719. The van der Waals surface area contributed by atoms with Gasteiger partial charge in [-0.2, -0.15) is 0 Å². The first-order valence-corrected chi connectivity index (χ1v) is 3.28. The van der Waals surface area contributed by atoms with Crippen molar-refractivity contribution in [3.8, 4) is 0 Å². The molecule has 0 N–H and O–H groups in total. The molecule has 0 atom stereocenters. The van der Waals surface area contributed by atoms with E-state index in [1.165, 1.54) is 5.56 Å². The molecule has 0 spiro atoms. The van der Waals surface area contributed by atoms with Crippen LogP contribution in [0.2, 0.25) is 0 Å². The molecule has 0 aliphatic heterocycles. The Labute approximate surface area is 60.6 Å². The molecule has 2 heteroatoms. The van der Waals surface area contributed by atoms with Gasteiger partial charge in [-0.1, -0.05) is 13.0 Å². The highest BCUT2D eigenvalue weighted by Crippen LogP contribution is 2.06. The van der Waals surface area contributed by atoms with E-state index in [0.29, 0.717) is 5.82 Å². The van der Waals surface area contributed by atoms with Gasteiger partial charge in [-0.3, -0.25) is 0 Å². The van der Waals surface area contributed by atoms with Crippen molar-refractivity contribution in [1.82, 2.24) is 4.98 Å². The Hall–Kier alpha value is -1.18. The molecule has 10 heavy (non-hydrogen) atoms. The van der Waals surface area contributed by atoms with Crippen LogP contribution in [-0.2, 0) is 6.42 Å². The first kappa shape index (κ1) is 6.93. The summed E-state index contributed by atoms with van der Waals surface area (Å²) in [7, 11) is 0. The molecule has 0 aliphatic carbocycles. The van der Waals surface area contributed by atoms with E-state index in [9.17, 15) is 0 Å². The minimum Gasteiger partial charge on any atom is -0.245 e. The summed E-state index contributed by atoms with van der Waals surface area (Å²) in [4.78, 5) is 7.72. The zero-order valence-corrected chi connectivity index (χ0v) is 6.04. The van der Waals surface area contributed by atoms with Crippen LogP contribution in [0.5, 0.6) is 0 Å². The van der Waals surface area contributed by atoms with Crippen LogP contribution in [0.15, 0.2) is 23.3 Å². The van der Waals surface area contributed by atoms with Crippen LogP contribution in [-0.4, -0.2) is 11.7 Å². The van der Waals surface area contributed by atoms with Crippen LogP contribution in [0.3, 0.4) is 0 Å². The molecule has 1 rings (SSSR count). The maximum atomic E-state index is 4.04. The van der Waals surface area contributed by atoms with Crippen LogP contribution < -0.4 is 0 Å². The normalized spacial score (nSPS) is 9.30. The van der Waals surface area contributed by atoms with Gasteiger partial charge >= 0.3 is 0 Å². The van der Waals surface area contributed by atoms with Gasteiger partial charge in [0.05, 0.1) is 0 Å². The van der Waals surface area contributed by atoms with Crippen LogP contribution in [0.4, 0.5) is 5.82 Å². The number of aromatic nitrogens is 1. The lowest BCUT2D eigenvalue weighted by molar-refractivity contribution is 1.10. The third-order valence-corrected chi connectivity index (χ3v) is 1.38. The summed E-state index contributed by atoms with van der Waals surface area (Å²) in [5, 5.41) is 0. The summed E-state index contributed by atoms with van der Waals surface area (Å²) >= 11 is 0. The van der Waals surface area contributed by atoms with Crippen molar-refractivity contribution in [2.24, 2.45) is 4.99 Å². The Kier molecular flexibility index (Phi) is 2.15. The minimum atomic E-state index is 0.692. The van der Waals surface area contributed by atoms with Gasteiger partial charge in [0, 0.05) is 6.20 Å². The minimum absolute atomic E-state index is 0.692. The van der Waals surface area contributed by atoms with Crippen molar-refractivity contribution >= 4 is 12.5 Å². The van der Waals surface area contributed by atoms with Gasteiger partial charge in [0.25, 0.3) is 0 Å². The van der Waals surface area contributed by atoms with E-state index in [4.69, 9.17) is 0 Å². The quantitative estimate of drug-likeness (QED) is 0.568. The average molecular weight is 134 g/mol. The lowest BCUT2D eigenvalue weighted by Gasteiger charge is -1.93. The van der Waals surface area contributed by atoms with E-state index >= 15 is 0 Å². The van der Waals surface area contributed by atoms with Crippen molar-refractivity contribution in [2.45, 2.75) is 13.3 Å². The number of hydrogen-bond donors (Lipinski definition) is 0. The van der Waals surface area contributed by atoms with E-state index in [2.05, 4.69) is 23.6 Å². The van der Waals surface area contributed by atoms with Gasteiger partial charge in [-0.15, -0.1) is 0 Å². The van der Waals surface area contributed by atoms with E-state index in [1.807, 2.05) is 18.3 Å². The van der Waals surface area contributed by atoms with Crippen molar-refractivity contribution in [2.75, 3.05) is 0 Å². The number of aliphatic imine (C=N–C) groups is 1. The van der Waals surface area contributed by atoms with Crippen LogP contribution in [0, 0.1) is 0 Å². The molecule has 1 aromatic rings. The molecular formula is C8H10N2. The van der Waals surface area contributed by atoms with Gasteiger partial charge < -0.3 is 0 Å². The van der Waals surface area contributed by atoms with Crippen LogP contribution in [0.1, 0.15) is 12.5 Å². The van der Waals surface area contributed by atoms with Gasteiger partial charge in [-0.25, -0.2) is 9.98 Å². The maximum Gasteiger partial charge on any atom is 0.151 e. The highest BCUT2D eigenvalue weighted by Gasteiger charge is 1.88. The first-order valence-electron chi connectivity index (χ1n) is 3.28. The Morgan fingerprint density at radius 3 is 2.80 bits per heavy atom. The average Bonchev–Trinajstić information content (AvgIpc) is 2.05. The zero-order valence-electron chi connectivity index (χ0n) is 6.04. The second-order valence-corrected chi connectivity index (χ2v) is 2.04. The summed E-state index contributed by atoms with van der Waals surface area (Å²) in [5.41, 5.74) is 1.23. The number of aryl methyl sites for hydroxylation is 1. The van der Waals surface area contributed by atoms with Crippen molar-refractivity contribution < 1.29 is 0 Å². The molecule has 52 valence electrons. The lowest BCUT2D eigenvalue weighted by Crippen LogP contribution is -1.80. The fourth-order valence-corrected chi connectivity index (χ4v) is 0.719. The second kappa shape index (κ2) is 3.11. The number of pyridine rings is 1. The van der Waals surface area contributed by atoms with Gasteiger partial charge in [-0.05, 0) is 24.8 Å². The van der Waals surface area contributed by atoms with Gasteiger partial charge in [0.15, 0.2) is 5.82 Å². The third kappa shape index (κ3) is 1.41. The Balaban J connectivity index is 2.90. The molecule has 1 heterocycles. The standard InChI is InChI=1S/C8H10N2/c1-3-7-4-5-8(9-2)10-6-7/h4-6H,2-3H2,1H3. The first-order chi connectivity index (χ1) is 4.86. The third-order valence-electron chi connectivity index (χ3n) is 1.38. The topological polar surface area (TPSA) is 25.2 Å². The summed E-state index contributed by atoms with van der Waals surface area (Å²) in [6.07, 6.45) is 2.84. The number of nitrogens with zero attached hydrogens (tertiary/aromatic N) is 2. The van der Waals surface area contributed by atoms with Crippen molar-refractivity contribution in [1.29, 1.82) is 0 Å². The predicted octanol–water partition coefficient (Wildman–Crippen LogP) is 1.98. The van der Waals surface area contributed by atoms with Crippen LogP contribution >= 0.6 is 0 Å². The molecule has 0 fully saturated rings. The largest absolute Gasteiger partial charge is 0.245 e. The highest BCUT2D eigenvalue weighted by atomic mass is 14.9. The van der Waals surface area contributed by atoms with E-state index < -0.39 is 0 Å². The smallest absolute Gasteiger partial charge is 0.151 e. The fraction of sp³-hybridized carbons (Fsp3) is 0.250. The molecule has 0 aromatic carbocycles. The summed E-state index contributed by atoms with van der Waals surface area (Å²) in [5.74, 6) is 0.692. The molecule has 0 saturated heterocycles. The summed E-state index contributed by atoms with van der Waals surface area (Å²) in [6, 6.07) is 3.88. The zero-order chi connectivity index (χ0) is 7.40. The lowest BCUT2D eigenvalue weighted by atomic mass is 10.2. The molecule has 0 unspecified atom stereocenters. The molecule has 0 saturated carbocycles. The van der Waals surface area contributed by atoms with Crippen molar-refractivity contribution in [3.63, 3.8) is 0 Å². The second-order valence-electron chi connectivity index (χ2n) is 2.04. The number of hydrogen-bond acceptors (Lipinski definition) is 2. The summed E-state index contributed by atoms with van der Waals surface area (Å²) < 4.78 is 0. The van der Waals surface area contributed by atoms with Crippen LogP contribution in [0.25, 0.3) is 0 Å². The highest BCUT2D eigenvalue weighted by molar-refractivity contribution is 5.39. The molecule has 0 aliphatic rings. The molecule has 0 bridgehead atoms. The summed E-state index contributed by atoms with van der Waals surface area (Å²) in [6.45, 7) is 5.47. The van der Waals surface area contributed by atoms with E-state index in [-0.39, 0.29) is 0 Å². The molecular weight excluding hydrogens is 124 g/mol. The molecule has 0 amide bonds. The van der Waals surface area contributed by atoms with Gasteiger partial charge in [0.2, 0.25) is 0 Å². The Morgan fingerprint density at radius 2 is 2.40 bits per heavy atom. The Bertz CT molecular complexity index is 213. The monoisotopic (exact) mass is 134 g/mol. The SMILES string of the molecule is C=Nc1ccc(CC)cn1. The van der Waals surface area contributed by atoms with E-state index in [0.717, 1.165) is 6.42 Å². The molecule has 0 radical (unpaired) electrons. The number of rotatable bonds is 2. The maximum absolute atomic E-state index is 4.04. The van der Waals surface area contributed by atoms with Gasteiger partial charge in [0.1, 0.15) is 0 Å². The molecule has 2 nitrogen and oxygen atoms in total. The van der Waals surface area contributed by atoms with E-state index in [1.54, 1.807) is 0 Å². The predicted molar refractivity (Wildman–Crippen MR) is 42.8 cm³/mol.